The summed E-state index contributed by atoms with van der Waals surface area (Å²) in [6.07, 6.45) is 11.5. The summed E-state index contributed by atoms with van der Waals surface area (Å²) in [5.74, 6) is 0.141. The fraction of sp³-hybridized carbons (Fsp3) is 0.688. The molecule has 0 radical (unpaired) electrons. The molecule has 2 N–H and O–H groups in total. The topological polar surface area (TPSA) is 46.1 Å². The number of rotatable bonds is 6. The summed E-state index contributed by atoms with van der Waals surface area (Å²) >= 11 is 0. The maximum absolute atomic E-state index is 12.1. The van der Waals surface area contributed by atoms with Gasteiger partial charge in [0.2, 0.25) is 5.91 Å². The molecule has 1 saturated carbocycles. The minimum absolute atomic E-state index is 0.141. The summed E-state index contributed by atoms with van der Waals surface area (Å²) in [5, 5.41) is 6.47. The second kappa shape index (κ2) is 8.10. The second-order valence-corrected chi connectivity index (χ2v) is 5.73. The van der Waals surface area contributed by atoms with Crippen LogP contribution < -0.4 is 10.6 Å². The standard InChI is InChI=1S/C16H27N3O/c1-2-17-11-14-9-10-19(12-14)13-16(20)18-15-7-5-3-4-6-8-15/h9-10,12,15,17H,2-8,11,13H2,1H3,(H,18,20). The molecule has 1 aliphatic rings. The predicted octanol–water partition coefficient (Wildman–Crippen LogP) is 2.44. The van der Waals surface area contributed by atoms with Crippen molar-refractivity contribution in [3.05, 3.63) is 24.0 Å². The summed E-state index contributed by atoms with van der Waals surface area (Å²) in [6.45, 7) is 4.36. The van der Waals surface area contributed by atoms with Crippen molar-refractivity contribution in [1.82, 2.24) is 15.2 Å². The predicted molar refractivity (Wildman–Crippen MR) is 81.4 cm³/mol. The van der Waals surface area contributed by atoms with Gasteiger partial charge in [0.1, 0.15) is 6.54 Å². The molecule has 1 fully saturated rings. The van der Waals surface area contributed by atoms with Crippen molar-refractivity contribution in [2.24, 2.45) is 0 Å². The van der Waals surface area contributed by atoms with Gasteiger partial charge in [-0.2, -0.15) is 0 Å². The first kappa shape index (κ1) is 15.1. The normalized spacial score (nSPS) is 16.9. The molecular weight excluding hydrogens is 250 g/mol. The van der Waals surface area contributed by atoms with E-state index in [1.165, 1.54) is 31.2 Å². The molecule has 112 valence electrons. The lowest BCUT2D eigenvalue weighted by Crippen LogP contribution is -2.36. The summed E-state index contributed by atoms with van der Waals surface area (Å²) < 4.78 is 1.97. The second-order valence-electron chi connectivity index (χ2n) is 5.73. The summed E-state index contributed by atoms with van der Waals surface area (Å²) in [6, 6.07) is 2.46. The molecule has 1 aromatic rings. The molecule has 0 saturated heterocycles. The largest absolute Gasteiger partial charge is 0.352 e. The summed E-state index contributed by atoms with van der Waals surface area (Å²) in [5.41, 5.74) is 1.23. The van der Waals surface area contributed by atoms with E-state index in [-0.39, 0.29) is 5.91 Å². The summed E-state index contributed by atoms with van der Waals surface area (Å²) in [7, 11) is 0. The van der Waals surface area contributed by atoms with Crippen molar-refractivity contribution in [2.45, 2.75) is 64.6 Å². The van der Waals surface area contributed by atoms with Gasteiger partial charge in [0.25, 0.3) is 0 Å². The van der Waals surface area contributed by atoms with Crippen molar-refractivity contribution in [1.29, 1.82) is 0 Å². The number of aromatic nitrogens is 1. The molecule has 1 heterocycles. The Bertz CT molecular complexity index is 406. The molecule has 0 bridgehead atoms. The zero-order valence-electron chi connectivity index (χ0n) is 12.5. The first-order valence-electron chi connectivity index (χ1n) is 7.92. The van der Waals surface area contributed by atoms with Gasteiger partial charge in [0.15, 0.2) is 0 Å². The van der Waals surface area contributed by atoms with Gasteiger partial charge >= 0.3 is 0 Å². The van der Waals surface area contributed by atoms with Crippen molar-refractivity contribution in [2.75, 3.05) is 6.54 Å². The van der Waals surface area contributed by atoms with Crippen LogP contribution in [-0.2, 0) is 17.9 Å². The van der Waals surface area contributed by atoms with Crippen LogP contribution in [0.4, 0.5) is 0 Å². The van der Waals surface area contributed by atoms with Crippen molar-refractivity contribution in [3.63, 3.8) is 0 Å². The van der Waals surface area contributed by atoms with E-state index in [0.717, 1.165) is 25.9 Å². The van der Waals surface area contributed by atoms with Gasteiger partial charge in [-0.25, -0.2) is 0 Å². The fourth-order valence-electron chi connectivity index (χ4n) is 2.83. The molecule has 0 atom stereocenters. The molecule has 0 spiro atoms. The van der Waals surface area contributed by atoms with Gasteiger partial charge in [-0.1, -0.05) is 32.6 Å². The average Bonchev–Trinajstić information content (AvgIpc) is 2.70. The van der Waals surface area contributed by atoms with Gasteiger partial charge < -0.3 is 15.2 Å². The quantitative estimate of drug-likeness (QED) is 0.785. The van der Waals surface area contributed by atoms with Gasteiger partial charge in [-0.3, -0.25) is 4.79 Å². The van der Waals surface area contributed by atoms with E-state index in [0.29, 0.717) is 12.6 Å². The Morgan fingerprint density at radius 1 is 1.30 bits per heavy atom. The van der Waals surface area contributed by atoms with Crippen molar-refractivity contribution < 1.29 is 4.79 Å². The van der Waals surface area contributed by atoms with Crippen molar-refractivity contribution >= 4 is 5.91 Å². The maximum Gasteiger partial charge on any atom is 0.240 e. The molecule has 0 unspecified atom stereocenters. The molecule has 0 aromatic carbocycles. The smallest absolute Gasteiger partial charge is 0.240 e. The van der Waals surface area contributed by atoms with Crippen LogP contribution in [-0.4, -0.2) is 23.1 Å². The lowest BCUT2D eigenvalue weighted by molar-refractivity contribution is -0.122. The number of carbonyl (C=O) groups excluding carboxylic acids is 1. The van der Waals surface area contributed by atoms with Crippen LogP contribution in [0.5, 0.6) is 0 Å². The average molecular weight is 277 g/mol. The monoisotopic (exact) mass is 277 g/mol. The Balaban J connectivity index is 1.76. The lowest BCUT2D eigenvalue weighted by atomic mass is 10.1. The van der Waals surface area contributed by atoms with Gasteiger partial charge in [0, 0.05) is 25.0 Å². The highest BCUT2D eigenvalue weighted by Crippen LogP contribution is 2.17. The Kier molecular flexibility index (Phi) is 6.12. The number of hydrogen-bond acceptors (Lipinski definition) is 2. The number of amides is 1. The molecule has 0 aliphatic heterocycles. The molecule has 4 nitrogen and oxygen atoms in total. The minimum atomic E-state index is 0.141. The van der Waals surface area contributed by atoms with Crippen LogP contribution in [0.2, 0.25) is 0 Å². The molecular formula is C16H27N3O. The van der Waals surface area contributed by atoms with E-state index in [9.17, 15) is 4.79 Å². The van der Waals surface area contributed by atoms with Gasteiger partial charge in [-0.05, 0) is 31.0 Å². The highest BCUT2D eigenvalue weighted by molar-refractivity contribution is 5.76. The van der Waals surface area contributed by atoms with E-state index in [2.05, 4.69) is 29.8 Å². The third kappa shape index (κ3) is 5.00. The van der Waals surface area contributed by atoms with E-state index >= 15 is 0 Å². The Morgan fingerprint density at radius 3 is 2.75 bits per heavy atom. The van der Waals surface area contributed by atoms with Crippen LogP contribution in [0.15, 0.2) is 18.5 Å². The number of carbonyl (C=O) groups is 1. The van der Waals surface area contributed by atoms with E-state index in [1.54, 1.807) is 0 Å². The number of nitrogens with one attached hydrogen (secondary N) is 2. The first-order valence-corrected chi connectivity index (χ1v) is 7.92. The Labute approximate surface area is 121 Å². The van der Waals surface area contributed by atoms with E-state index in [1.807, 2.05) is 10.8 Å². The van der Waals surface area contributed by atoms with Crippen LogP contribution in [0.1, 0.15) is 51.0 Å². The van der Waals surface area contributed by atoms with Crippen LogP contribution >= 0.6 is 0 Å². The zero-order valence-corrected chi connectivity index (χ0v) is 12.5. The molecule has 1 amide bonds. The third-order valence-corrected chi connectivity index (χ3v) is 3.94. The fourth-order valence-corrected chi connectivity index (χ4v) is 2.83. The Hall–Kier alpha value is -1.29. The van der Waals surface area contributed by atoms with E-state index in [4.69, 9.17) is 0 Å². The van der Waals surface area contributed by atoms with Gasteiger partial charge in [0.05, 0.1) is 0 Å². The number of hydrogen-bond donors (Lipinski definition) is 2. The molecule has 2 rings (SSSR count). The summed E-state index contributed by atoms with van der Waals surface area (Å²) in [4.78, 5) is 12.1. The third-order valence-electron chi connectivity index (χ3n) is 3.94. The van der Waals surface area contributed by atoms with Crippen LogP contribution in [0.3, 0.4) is 0 Å². The first-order chi connectivity index (χ1) is 9.78. The van der Waals surface area contributed by atoms with Crippen molar-refractivity contribution in [3.8, 4) is 0 Å². The molecule has 4 heteroatoms. The SMILES string of the molecule is CCNCc1ccn(CC(=O)NC2CCCCCC2)c1. The molecule has 20 heavy (non-hydrogen) atoms. The zero-order chi connectivity index (χ0) is 14.2. The lowest BCUT2D eigenvalue weighted by Gasteiger charge is -2.16. The molecule has 1 aromatic heterocycles. The highest BCUT2D eigenvalue weighted by atomic mass is 16.2. The minimum Gasteiger partial charge on any atom is -0.352 e. The molecule has 1 aliphatic carbocycles. The number of nitrogens with zero attached hydrogens (tertiary/aromatic N) is 1. The van der Waals surface area contributed by atoms with Gasteiger partial charge in [-0.15, -0.1) is 0 Å². The van der Waals surface area contributed by atoms with Crippen LogP contribution in [0.25, 0.3) is 0 Å². The maximum atomic E-state index is 12.1. The Morgan fingerprint density at radius 2 is 2.05 bits per heavy atom. The van der Waals surface area contributed by atoms with Crippen LogP contribution in [0, 0.1) is 0 Å². The highest BCUT2D eigenvalue weighted by Gasteiger charge is 2.14. The van der Waals surface area contributed by atoms with E-state index < -0.39 is 0 Å².